The van der Waals surface area contributed by atoms with Gasteiger partial charge in [0.15, 0.2) is 6.30 Å². The van der Waals surface area contributed by atoms with Gasteiger partial charge < -0.3 is 20.7 Å². The molecular formula is C12H16FN3O2. The zero-order valence-corrected chi connectivity index (χ0v) is 10.1. The Labute approximate surface area is 105 Å². The van der Waals surface area contributed by atoms with Crippen molar-refractivity contribution in [2.75, 3.05) is 25.1 Å². The number of hydrogen-bond donors (Lipinski definition) is 2. The van der Waals surface area contributed by atoms with Gasteiger partial charge in [-0.05, 0) is 24.3 Å². The van der Waals surface area contributed by atoms with Crippen LogP contribution in [0.15, 0.2) is 24.3 Å². The van der Waals surface area contributed by atoms with Gasteiger partial charge in [0.2, 0.25) is 0 Å². The minimum atomic E-state index is -1.17. The number of halogens is 1. The van der Waals surface area contributed by atoms with Crippen molar-refractivity contribution in [1.82, 2.24) is 5.32 Å². The summed E-state index contributed by atoms with van der Waals surface area (Å²) in [6, 6.07) is 6.54. The monoisotopic (exact) mass is 253 g/mol. The Bertz CT molecular complexity index is 414. The quantitative estimate of drug-likeness (QED) is 0.592. The summed E-state index contributed by atoms with van der Waals surface area (Å²) in [5.74, 6) is -0.414. The molecule has 0 bridgehead atoms. The predicted octanol–water partition coefficient (Wildman–Crippen LogP) is 0.463. The molecule has 0 spiro atoms. The van der Waals surface area contributed by atoms with Gasteiger partial charge in [-0.25, -0.2) is 9.18 Å². The van der Waals surface area contributed by atoms with Crippen LogP contribution in [0.5, 0.6) is 0 Å². The number of benzene rings is 1. The van der Waals surface area contributed by atoms with Gasteiger partial charge in [-0.3, -0.25) is 0 Å². The molecule has 1 fully saturated rings. The van der Waals surface area contributed by atoms with E-state index in [0.717, 1.165) is 0 Å². The number of piperazine rings is 1. The van der Waals surface area contributed by atoms with E-state index in [2.05, 4.69) is 10.1 Å². The van der Waals surface area contributed by atoms with Crippen molar-refractivity contribution in [3.63, 3.8) is 0 Å². The zero-order chi connectivity index (χ0) is 13.1. The van der Waals surface area contributed by atoms with Crippen LogP contribution in [-0.4, -0.2) is 38.6 Å². The molecule has 1 saturated heterocycles. The summed E-state index contributed by atoms with van der Waals surface area (Å²) in [5.41, 5.74) is 6.94. The van der Waals surface area contributed by atoms with Gasteiger partial charge in [0.1, 0.15) is 0 Å². The van der Waals surface area contributed by atoms with E-state index in [1.165, 1.54) is 12.0 Å². The lowest BCUT2D eigenvalue weighted by atomic mass is 10.1. The molecule has 2 unspecified atom stereocenters. The molecular weight excluding hydrogens is 237 g/mol. The van der Waals surface area contributed by atoms with Gasteiger partial charge in [0.05, 0.1) is 18.8 Å². The van der Waals surface area contributed by atoms with Gasteiger partial charge in [-0.2, -0.15) is 0 Å². The lowest BCUT2D eigenvalue weighted by Crippen LogP contribution is -2.59. The number of alkyl halides is 1. The smallest absolute Gasteiger partial charge is 0.337 e. The molecule has 5 nitrogen and oxygen atoms in total. The van der Waals surface area contributed by atoms with Crippen LogP contribution in [0.1, 0.15) is 10.4 Å². The van der Waals surface area contributed by atoms with Crippen molar-refractivity contribution < 1.29 is 13.9 Å². The van der Waals surface area contributed by atoms with Crippen molar-refractivity contribution in [2.45, 2.75) is 12.5 Å². The van der Waals surface area contributed by atoms with E-state index in [1.807, 2.05) is 0 Å². The topological polar surface area (TPSA) is 67.6 Å². The molecule has 98 valence electrons. The highest BCUT2D eigenvalue weighted by Crippen LogP contribution is 2.21. The van der Waals surface area contributed by atoms with E-state index in [9.17, 15) is 9.18 Å². The number of nitrogens with two attached hydrogens (primary N) is 1. The summed E-state index contributed by atoms with van der Waals surface area (Å²) in [6.45, 7) is 0.769. The number of rotatable bonds is 2. The van der Waals surface area contributed by atoms with Gasteiger partial charge in [-0.1, -0.05) is 0 Å². The molecule has 18 heavy (non-hydrogen) atoms. The van der Waals surface area contributed by atoms with Crippen LogP contribution >= 0.6 is 0 Å². The van der Waals surface area contributed by atoms with Gasteiger partial charge >= 0.3 is 5.97 Å². The molecule has 0 radical (unpaired) electrons. The highest BCUT2D eigenvalue weighted by atomic mass is 19.1. The number of anilines is 1. The maximum Gasteiger partial charge on any atom is 0.337 e. The standard InChI is InChI=1S/C12H16FN3O2/c1-18-12(17)8-2-4-9(5-3-8)16-10(13)6-15-7-11(16)14/h2-5,10-11,15H,6-7,14H2,1H3. The largest absolute Gasteiger partial charge is 0.465 e. The first kappa shape index (κ1) is 12.8. The third kappa shape index (κ3) is 2.44. The van der Waals surface area contributed by atoms with E-state index in [4.69, 9.17) is 5.73 Å². The fraction of sp³-hybridized carbons (Fsp3) is 0.417. The van der Waals surface area contributed by atoms with Crippen LogP contribution in [-0.2, 0) is 4.74 Å². The van der Waals surface area contributed by atoms with Gasteiger partial charge in [-0.15, -0.1) is 0 Å². The number of esters is 1. The van der Waals surface area contributed by atoms with Crippen molar-refractivity contribution >= 4 is 11.7 Å². The maximum atomic E-state index is 13.8. The Hall–Kier alpha value is -1.66. The Morgan fingerprint density at radius 1 is 1.44 bits per heavy atom. The number of hydrogen-bond acceptors (Lipinski definition) is 5. The van der Waals surface area contributed by atoms with Crippen LogP contribution in [0.4, 0.5) is 10.1 Å². The number of methoxy groups -OCH3 is 1. The van der Waals surface area contributed by atoms with Crippen molar-refractivity contribution in [2.24, 2.45) is 5.73 Å². The molecule has 1 aliphatic rings. The van der Waals surface area contributed by atoms with Crippen molar-refractivity contribution in [3.05, 3.63) is 29.8 Å². The fourth-order valence-corrected chi connectivity index (χ4v) is 2.00. The number of carbonyl (C=O) groups is 1. The summed E-state index contributed by atoms with van der Waals surface area (Å²) < 4.78 is 18.4. The molecule has 0 aromatic heterocycles. The fourth-order valence-electron chi connectivity index (χ4n) is 2.00. The maximum absolute atomic E-state index is 13.8. The third-order valence-corrected chi connectivity index (χ3v) is 2.91. The molecule has 1 aliphatic heterocycles. The number of nitrogens with one attached hydrogen (secondary N) is 1. The molecule has 1 aromatic rings. The number of carbonyl (C=O) groups excluding carboxylic acids is 1. The van der Waals surface area contributed by atoms with Crippen LogP contribution in [0.25, 0.3) is 0 Å². The summed E-state index contributed by atoms with van der Waals surface area (Å²) >= 11 is 0. The minimum absolute atomic E-state index is 0.243. The first-order valence-electron chi connectivity index (χ1n) is 5.70. The van der Waals surface area contributed by atoms with E-state index in [1.54, 1.807) is 24.3 Å². The first-order chi connectivity index (χ1) is 8.63. The van der Waals surface area contributed by atoms with E-state index >= 15 is 0 Å². The summed E-state index contributed by atoms with van der Waals surface area (Å²) in [5, 5.41) is 2.91. The molecule has 3 N–H and O–H groups in total. The third-order valence-electron chi connectivity index (χ3n) is 2.91. The van der Waals surface area contributed by atoms with Crippen LogP contribution < -0.4 is 16.0 Å². The van der Waals surface area contributed by atoms with E-state index < -0.39 is 18.4 Å². The molecule has 0 saturated carbocycles. The van der Waals surface area contributed by atoms with Gasteiger partial charge in [0, 0.05) is 18.8 Å². The Morgan fingerprint density at radius 2 is 2.11 bits per heavy atom. The normalized spacial score (nSPS) is 23.8. The second-order valence-corrected chi connectivity index (χ2v) is 4.11. The molecule has 1 aromatic carbocycles. The Kier molecular flexibility index (Phi) is 3.78. The average Bonchev–Trinajstić information content (AvgIpc) is 2.38. The molecule has 1 heterocycles. The lowest BCUT2D eigenvalue weighted by Gasteiger charge is -2.38. The second kappa shape index (κ2) is 5.32. The number of nitrogens with zero attached hydrogens (tertiary/aromatic N) is 1. The second-order valence-electron chi connectivity index (χ2n) is 4.11. The zero-order valence-electron chi connectivity index (χ0n) is 10.1. The first-order valence-corrected chi connectivity index (χ1v) is 5.70. The molecule has 2 rings (SSSR count). The average molecular weight is 253 g/mol. The Balaban J connectivity index is 2.20. The van der Waals surface area contributed by atoms with Crippen LogP contribution in [0, 0.1) is 0 Å². The predicted molar refractivity (Wildman–Crippen MR) is 66.0 cm³/mol. The van der Waals surface area contributed by atoms with Crippen molar-refractivity contribution in [3.8, 4) is 0 Å². The van der Waals surface area contributed by atoms with E-state index in [-0.39, 0.29) is 6.54 Å². The Morgan fingerprint density at radius 3 is 2.67 bits per heavy atom. The molecule has 0 amide bonds. The number of ether oxygens (including phenoxy) is 1. The van der Waals surface area contributed by atoms with E-state index in [0.29, 0.717) is 17.8 Å². The lowest BCUT2D eigenvalue weighted by molar-refractivity contribution is 0.0601. The van der Waals surface area contributed by atoms with Crippen LogP contribution in [0.3, 0.4) is 0 Å². The van der Waals surface area contributed by atoms with Crippen molar-refractivity contribution in [1.29, 1.82) is 0 Å². The van der Waals surface area contributed by atoms with Crippen LogP contribution in [0.2, 0.25) is 0 Å². The molecule has 6 heteroatoms. The molecule has 2 atom stereocenters. The summed E-state index contributed by atoms with van der Waals surface area (Å²) in [6.07, 6.45) is -1.59. The summed E-state index contributed by atoms with van der Waals surface area (Å²) in [7, 11) is 1.32. The highest BCUT2D eigenvalue weighted by Gasteiger charge is 2.27. The SMILES string of the molecule is COC(=O)c1ccc(N2C(N)CNCC2F)cc1. The van der Waals surface area contributed by atoms with Gasteiger partial charge in [0.25, 0.3) is 0 Å². The summed E-state index contributed by atoms with van der Waals surface area (Å²) in [4.78, 5) is 12.8. The molecule has 0 aliphatic carbocycles. The highest BCUT2D eigenvalue weighted by molar-refractivity contribution is 5.89. The minimum Gasteiger partial charge on any atom is -0.465 e.